The van der Waals surface area contributed by atoms with Gasteiger partial charge in [0.05, 0.1) is 12.3 Å². The van der Waals surface area contributed by atoms with Crippen LogP contribution in [0.15, 0.2) is 12.3 Å². The molecule has 0 saturated carbocycles. The number of ether oxygens (including phenoxy) is 1. The minimum Gasteiger partial charge on any atom is -0.380 e. The van der Waals surface area contributed by atoms with Crippen LogP contribution in [0.5, 0.6) is 0 Å². The van der Waals surface area contributed by atoms with Crippen molar-refractivity contribution in [3.05, 3.63) is 29.2 Å². The quantitative estimate of drug-likeness (QED) is 0.809. The molecule has 2 aromatic heterocycles. The summed E-state index contributed by atoms with van der Waals surface area (Å²) in [6.07, 6.45) is 1.93. The van der Waals surface area contributed by atoms with Crippen molar-refractivity contribution in [2.75, 3.05) is 19.8 Å². The molecular weight excluding hydrogens is 240 g/mol. The van der Waals surface area contributed by atoms with Crippen molar-refractivity contribution >= 4 is 5.65 Å². The number of rotatable bonds is 6. The van der Waals surface area contributed by atoms with Crippen LogP contribution in [0.25, 0.3) is 5.65 Å². The van der Waals surface area contributed by atoms with Crippen LogP contribution < -0.4 is 5.32 Å². The van der Waals surface area contributed by atoms with Gasteiger partial charge in [-0.15, -0.1) is 0 Å². The van der Waals surface area contributed by atoms with Gasteiger partial charge >= 0.3 is 0 Å². The Labute approximate surface area is 114 Å². The number of nitrogens with zero attached hydrogens (tertiary/aromatic N) is 3. The molecule has 1 N–H and O–H groups in total. The normalized spacial score (nSPS) is 13.1. The molecular formula is C14H22N4O. The number of hydrogen-bond acceptors (Lipinski definition) is 4. The Morgan fingerprint density at radius 3 is 2.95 bits per heavy atom. The van der Waals surface area contributed by atoms with Gasteiger partial charge in [-0.05, 0) is 27.7 Å². The largest absolute Gasteiger partial charge is 0.380 e. The third kappa shape index (κ3) is 3.11. The van der Waals surface area contributed by atoms with E-state index in [2.05, 4.69) is 29.2 Å². The van der Waals surface area contributed by atoms with Crippen LogP contribution in [0.3, 0.4) is 0 Å². The second kappa shape index (κ2) is 6.12. The van der Waals surface area contributed by atoms with Gasteiger partial charge < -0.3 is 10.1 Å². The molecule has 0 amide bonds. The second-order valence-electron chi connectivity index (χ2n) is 4.73. The van der Waals surface area contributed by atoms with E-state index in [1.807, 2.05) is 30.6 Å². The number of fused-ring (bicyclic) bond motifs is 1. The molecule has 0 aliphatic heterocycles. The SMILES string of the molecule is CCOCCNC(C)c1cnc2cc(C)nn2c1C. The van der Waals surface area contributed by atoms with E-state index in [4.69, 9.17) is 4.74 Å². The molecule has 1 atom stereocenters. The first-order valence-corrected chi connectivity index (χ1v) is 6.76. The van der Waals surface area contributed by atoms with Gasteiger partial charge in [0.1, 0.15) is 0 Å². The summed E-state index contributed by atoms with van der Waals surface area (Å²) in [6, 6.07) is 2.23. The number of aromatic nitrogens is 3. The predicted molar refractivity (Wildman–Crippen MR) is 75.4 cm³/mol. The fourth-order valence-corrected chi connectivity index (χ4v) is 2.20. The molecule has 2 aromatic rings. The van der Waals surface area contributed by atoms with Gasteiger partial charge in [-0.1, -0.05) is 0 Å². The van der Waals surface area contributed by atoms with E-state index < -0.39 is 0 Å². The lowest BCUT2D eigenvalue weighted by molar-refractivity contribution is 0.147. The Balaban J connectivity index is 2.13. The number of hydrogen-bond donors (Lipinski definition) is 1. The van der Waals surface area contributed by atoms with Crippen LogP contribution >= 0.6 is 0 Å². The lowest BCUT2D eigenvalue weighted by atomic mass is 10.1. The summed E-state index contributed by atoms with van der Waals surface area (Å²) >= 11 is 0. The van der Waals surface area contributed by atoms with Crippen molar-refractivity contribution in [1.29, 1.82) is 0 Å². The monoisotopic (exact) mass is 262 g/mol. The fourth-order valence-electron chi connectivity index (χ4n) is 2.20. The van der Waals surface area contributed by atoms with Crippen molar-refractivity contribution in [2.45, 2.75) is 33.7 Å². The van der Waals surface area contributed by atoms with E-state index in [0.29, 0.717) is 0 Å². The van der Waals surface area contributed by atoms with Gasteiger partial charge in [-0.25, -0.2) is 9.50 Å². The van der Waals surface area contributed by atoms with E-state index in [9.17, 15) is 0 Å². The van der Waals surface area contributed by atoms with Crippen molar-refractivity contribution in [2.24, 2.45) is 0 Å². The Morgan fingerprint density at radius 1 is 1.42 bits per heavy atom. The van der Waals surface area contributed by atoms with Crippen LogP contribution in [0.1, 0.15) is 36.8 Å². The summed E-state index contributed by atoms with van der Waals surface area (Å²) in [6.45, 7) is 10.5. The summed E-state index contributed by atoms with van der Waals surface area (Å²) in [7, 11) is 0. The lowest BCUT2D eigenvalue weighted by Crippen LogP contribution is -2.24. The van der Waals surface area contributed by atoms with Gasteiger partial charge in [-0.3, -0.25) is 0 Å². The van der Waals surface area contributed by atoms with Crippen LogP contribution in [0.4, 0.5) is 0 Å². The fraction of sp³-hybridized carbons (Fsp3) is 0.571. The summed E-state index contributed by atoms with van der Waals surface area (Å²) in [5, 5.41) is 7.91. The molecule has 2 heterocycles. The highest BCUT2D eigenvalue weighted by atomic mass is 16.5. The van der Waals surface area contributed by atoms with E-state index >= 15 is 0 Å². The predicted octanol–water partition coefficient (Wildman–Crippen LogP) is 2.03. The summed E-state index contributed by atoms with van der Waals surface area (Å²) in [5.74, 6) is 0. The molecule has 0 saturated heterocycles. The van der Waals surface area contributed by atoms with Crippen molar-refractivity contribution in [1.82, 2.24) is 19.9 Å². The highest BCUT2D eigenvalue weighted by Gasteiger charge is 2.12. The van der Waals surface area contributed by atoms with E-state index in [0.717, 1.165) is 36.8 Å². The van der Waals surface area contributed by atoms with Gasteiger partial charge in [0, 0.05) is 42.7 Å². The Bertz CT molecular complexity index is 550. The highest BCUT2D eigenvalue weighted by molar-refractivity contribution is 5.42. The second-order valence-corrected chi connectivity index (χ2v) is 4.73. The average Bonchev–Trinajstić information content (AvgIpc) is 2.76. The van der Waals surface area contributed by atoms with E-state index in [-0.39, 0.29) is 6.04 Å². The number of nitrogens with one attached hydrogen (secondary N) is 1. The molecule has 0 radical (unpaired) electrons. The van der Waals surface area contributed by atoms with Crippen molar-refractivity contribution in [3.63, 3.8) is 0 Å². The van der Waals surface area contributed by atoms with Gasteiger partial charge in [0.15, 0.2) is 5.65 Å². The molecule has 0 spiro atoms. The minimum atomic E-state index is 0.238. The minimum absolute atomic E-state index is 0.238. The molecule has 0 fully saturated rings. The molecule has 0 bridgehead atoms. The van der Waals surface area contributed by atoms with E-state index in [1.54, 1.807) is 0 Å². The Kier molecular flexibility index (Phi) is 4.50. The zero-order chi connectivity index (χ0) is 13.8. The van der Waals surface area contributed by atoms with Gasteiger partial charge in [0.25, 0.3) is 0 Å². The van der Waals surface area contributed by atoms with Crippen molar-refractivity contribution < 1.29 is 4.74 Å². The van der Waals surface area contributed by atoms with Crippen molar-refractivity contribution in [3.8, 4) is 0 Å². The smallest absolute Gasteiger partial charge is 0.155 e. The average molecular weight is 262 g/mol. The topological polar surface area (TPSA) is 51.5 Å². The Morgan fingerprint density at radius 2 is 2.21 bits per heavy atom. The first-order chi connectivity index (χ1) is 9.13. The summed E-state index contributed by atoms with van der Waals surface area (Å²) in [5.41, 5.74) is 4.20. The van der Waals surface area contributed by atoms with Gasteiger partial charge in [0.2, 0.25) is 0 Å². The number of aryl methyl sites for hydroxylation is 2. The lowest BCUT2D eigenvalue weighted by Gasteiger charge is -2.16. The van der Waals surface area contributed by atoms with Crippen LogP contribution in [-0.2, 0) is 4.74 Å². The molecule has 1 unspecified atom stereocenters. The van der Waals surface area contributed by atoms with Crippen LogP contribution in [0, 0.1) is 13.8 Å². The maximum Gasteiger partial charge on any atom is 0.155 e. The van der Waals surface area contributed by atoms with Crippen LogP contribution in [0.2, 0.25) is 0 Å². The maximum atomic E-state index is 5.33. The molecule has 19 heavy (non-hydrogen) atoms. The molecule has 5 heteroatoms. The molecule has 0 aromatic carbocycles. The van der Waals surface area contributed by atoms with E-state index in [1.165, 1.54) is 5.56 Å². The third-order valence-electron chi connectivity index (χ3n) is 3.25. The molecule has 2 rings (SSSR count). The van der Waals surface area contributed by atoms with Gasteiger partial charge in [-0.2, -0.15) is 5.10 Å². The highest BCUT2D eigenvalue weighted by Crippen LogP contribution is 2.17. The molecule has 0 aliphatic carbocycles. The first-order valence-electron chi connectivity index (χ1n) is 6.76. The molecule has 5 nitrogen and oxygen atoms in total. The molecule has 0 aliphatic rings. The maximum absolute atomic E-state index is 5.33. The summed E-state index contributed by atoms with van der Waals surface area (Å²) < 4.78 is 7.24. The summed E-state index contributed by atoms with van der Waals surface area (Å²) in [4.78, 5) is 4.46. The zero-order valence-electron chi connectivity index (χ0n) is 12.1. The molecule has 104 valence electrons. The third-order valence-corrected chi connectivity index (χ3v) is 3.25. The Hall–Kier alpha value is -1.46. The first kappa shape index (κ1) is 14.0. The zero-order valence-corrected chi connectivity index (χ0v) is 12.1. The van der Waals surface area contributed by atoms with Crippen LogP contribution in [-0.4, -0.2) is 34.4 Å². The standard InChI is InChI=1S/C14H22N4O/c1-5-19-7-6-15-11(3)13-9-16-14-8-10(2)17-18(14)12(13)4/h8-9,11,15H,5-7H2,1-4H3.